The molecule has 0 fully saturated rings. The van der Waals surface area contributed by atoms with Crippen molar-refractivity contribution in [2.45, 2.75) is 46.6 Å². The molecule has 0 aromatic heterocycles. The summed E-state index contributed by atoms with van der Waals surface area (Å²) in [6, 6.07) is -1.03. The van der Waals surface area contributed by atoms with Crippen LogP contribution >= 0.6 is 0 Å². The fourth-order valence-electron chi connectivity index (χ4n) is 1.29. The zero-order valence-corrected chi connectivity index (χ0v) is 11.8. The first-order valence-electron chi connectivity index (χ1n) is 5.92. The summed E-state index contributed by atoms with van der Waals surface area (Å²) in [7, 11) is -3.51. The Balaban J connectivity index is 4.59. The quantitative estimate of drug-likeness (QED) is 0.696. The number of carboxylic acid groups (broad SMARTS) is 1. The van der Waals surface area contributed by atoms with E-state index in [1.54, 1.807) is 6.92 Å². The van der Waals surface area contributed by atoms with Gasteiger partial charge in [0.05, 0.1) is 5.75 Å². The molecule has 0 radical (unpaired) electrons. The molecule has 0 aliphatic carbocycles. The number of hydrogen-bond acceptors (Lipinski definition) is 3. The van der Waals surface area contributed by atoms with Crippen molar-refractivity contribution in [3.05, 3.63) is 0 Å². The van der Waals surface area contributed by atoms with Gasteiger partial charge in [-0.3, -0.25) is 4.79 Å². The highest BCUT2D eigenvalue weighted by Crippen LogP contribution is 2.10. The van der Waals surface area contributed by atoms with Crippen molar-refractivity contribution in [2.75, 3.05) is 5.75 Å². The minimum Gasteiger partial charge on any atom is -0.480 e. The maximum Gasteiger partial charge on any atom is 0.322 e. The Morgan fingerprint density at radius 2 is 1.82 bits per heavy atom. The van der Waals surface area contributed by atoms with Gasteiger partial charge in [0.15, 0.2) is 0 Å². The SMILES string of the molecule is CC[C@H](C)[C@H](NS(=O)(=O)CCC(C)C)C(=O)O. The molecule has 0 aliphatic heterocycles. The minimum atomic E-state index is -3.51. The Morgan fingerprint density at radius 3 is 2.18 bits per heavy atom. The van der Waals surface area contributed by atoms with Crippen molar-refractivity contribution in [1.29, 1.82) is 0 Å². The van der Waals surface area contributed by atoms with Crippen LogP contribution in [0.5, 0.6) is 0 Å². The number of aliphatic carboxylic acids is 1. The van der Waals surface area contributed by atoms with Crippen LogP contribution in [0.3, 0.4) is 0 Å². The van der Waals surface area contributed by atoms with Crippen LogP contribution in [0.2, 0.25) is 0 Å². The zero-order chi connectivity index (χ0) is 13.6. The van der Waals surface area contributed by atoms with Gasteiger partial charge in [-0.2, -0.15) is 0 Å². The van der Waals surface area contributed by atoms with Crippen LogP contribution in [-0.2, 0) is 14.8 Å². The summed E-state index contributed by atoms with van der Waals surface area (Å²) in [6.45, 7) is 7.42. The third kappa shape index (κ3) is 6.63. The van der Waals surface area contributed by atoms with Crippen molar-refractivity contribution in [3.63, 3.8) is 0 Å². The lowest BCUT2D eigenvalue weighted by Gasteiger charge is -2.20. The molecule has 0 heterocycles. The van der Waals surface area contributed by atoms with E-state index in [4.69, 9.17) is 5.11 Å². The number of carbonyl (C=O) groups is 1. The summed E-state index contributed by atoms with van der Waals surface area (Å²) in [6.07, 6.45) is 1.14. The topological polar surface area (TPSA) is 83.5 Å². The molecule has 0 bridgehead atoms. The van der Waals surface area contributed by atoms with Crippen LogP contribution < -0.4 is 4.72 Å². The Kier molecular flexibility index (Phi) is 6.70. The van der Waals surface area contributed by atoms with Crippen molar-refractivity contribution in [1.82, 2.24) is 4.72 Å². The van der Waals surface area contributed by atoms with Gasteiger partial charge in [-0.1, -0.05) is 34.1 Å². The Bertz CT molecular complexity index is 337. The van der Waals surface area contributed by atoms with E-state index in [-0.39, 0.29) is 17.6 Å². The number of carboxylic acids is 1. The minimum absolute atomic E-state index is 0.0229. The van der Waals surface area contributed by atoms with Gasteiger partial charge in [0, 0.05) is 0 Å². The molecule has 5 nitrogen and oxygen atoms in total. The lowest BCUT2D eigenvalue weighted by atomic mass is 10.0. The van der Waals surface area contributed by atoms with Gasteiger partial charge in [0.25, 0.3) is 0 Å². The standard InChI is InChI=1S/C11H23NO4S/c1-5-9(4)10(11(13)14)12-17(15,16)7-6-8(2)3/h8-10,12H,5-7H2,1-4H3,(H,13,14)/t9-,10-/m0/s1. The molecule has 6 heteroatoms. The molecule has 0 amide bonds. The molecule has 0 aromatic rings. The summed E-state index contributed by atoms with van der Waals surface area (Å²) in [5.74, 6) is -1.09. The Hall–Kier alpha value is -0.620. The first-order chi connectivity index (χ1) is 7.69. The second kappa shape index (κ2) is 6.96. The first-order valence-corrected chi connectivity index (χ1v) is 7.57. The van der Waals surface area contributed by atoms with Gasteiger partial charge in [-0.05, 0) is 18.3 Å². The third-order valence-corrected chi connectivity index (χ3v) is 4.14. The van der Waals surface area contributed by atoms with Crippen LogP contribution in [0.4, 0.5) is 0 Å². The van der Waals surface area contributed by atoms with Crippen LogP contribution in [-0.4, -0.2) is 31.3 Å². The lowest BCUT2D eigenvalue weighted by Crippen LogP contribution is -2.45. The van der Waals surface area contributed by atoms with Crippen molar-refractivity contribution >= 4 is 16.0 Å². The van der Waals surface area contributed by atoms with Gasteiger partial charge in [0.1, 0.15) is 6.04 Å². The molecule has 0 spiro atoms. The number of nitrogens with one attached hydrogen (secondary N) is 1. The molecule has 17 heavy (non-hydrogen) atoms. The van der Waals surface area contributed by atoms with Gasteiger partial charge in [-0.25, -0.2) is 13.1 Å². The van der Waals surface area contributed by atoms with E-state index in [2.05, 4.69) is 4.72 Å². The highest BCUT2D eigenvalue weighted by molar-refractivity contribution is 7.89. The monoisotopic (exact) mass is 265 g/mol. The highest BCUT2D eigenvalue weighted by Gasteiger charge is 2.28. The van der Waals surface area contributed by atoms with Gasteiger partial charge < -0.3 is 5.11 Å². The van der Waals surface area contributed by atoms with Gasteiger partial charge >= 0.3 is 5.97 Å². The normalized spacial score (nSPS) is 15.8. The number of rotatable bonds is 8. The van der Waals surface area contributed by atoms with Crippen LogP contribution in [0, 0.1) is 11.8 Å². The Labute approximate surface area is 104 Å². The van der Waals surface area contributed by atoms with E-state index in [0.717, 1.165) is 0 Å². The zero-order valence-electron chi connectivity index (χ0n) is 10.9. The maximum absolute atomic E-state index is 11.7. The smallest absolute Gasteiger partial charge is 0.322 e. The van der Waals surface area contributed by atoms with E-state index >= 15 is 0 Å². The lowest BCUT2D eigenvalue weighted by molar-refractivity contribution is -0.140. The first kappa shape index (κ1) is 16.4. The molecule has 0 aromatic carbocycles. The molecule has 0 rings (SSSR count). The summed E-state index contributed by atoms with van der Waals surface area (Å²) >= 11 is 0. The second-order valence-electron chi connectivity index (χ2n) is 4.82. The van der Waals surface area contributed by atoms with Gasteiger partial charge in [0.2, 0.25) is 10.0 Å². The van der Waals surface area contributed by atoms with Gasteiger partial charge in [-0.15, -0.1) is 0 Å². The van der Waals surface area contributed by atoms with E-state index in [1.165, 1.54) is 0 Å². The molecule has 0 aliphatic rings. The van der Waals surface area contributed by atoms with Crippen LogP contribution in [0.15, 0.2) is 0 Å². The van der Waals surface area contributed by atoms with Crippen molar-refractivity contribution in [3.8, 4) is 0 Å². The van der Waals surface area contributed by atoms with E-state index in [9.17, 15) is 13.2 Å². The molecular formula is C11H23NO4S. The molecule has 2 N–H and O–H groups in total. The van der Waals surface area contributed by atoms with E-state index in [0.29, 0.717) is 12.8 Å². The molecule has 2 atom stereocenters. The fourth-order valence-corrected chi connectivity index (χ4v) is 2.91. The molecule has 0 saturated heterocycles. The van der Waals surface area contributed by atoms with Crippen LogP contribution in [0.25, 0.3) is 0 Å². The predicted molar refractivity (Wildman–Crippen MR) is 67.3 cm³/mol. The maximum atomic E-state index is 11.7. The Morgan fingerprint density at radius 1 is 1.29 bits per heavy atom. The third-order valence-electron chi connectivity index (χ3n) is 2.75. The van der Waals surface area contributed by atoms with Crippen molar-refractivity contribution in [2.24, 2.45) is 11.8 Å². The second-order valence-corrected chi connectivity index (χ2v) is 6.69. The van der Waals surface area contributed by atoms with E-state index in [1.807, 2.05) is 20.8 Å². The molecule has 102 valence electrons. The van der Waals surface area contributed by atoms with E-state index < -0.39 is 22.0 Å². The molecule has 0 unspecified atom stereocenters. The summed E-state index contributed by atoms with van der Waals surface area (Å²) in [5, 5.41) is 8.99. The number of sulfonamides is 1. The molecule has 0 saturated carbocycles. The summed E-state index contributed by atoms with van der Waals surface area (Å²) in [5.41, 5.74) is 0. The largest absolute Gasteiger partial charge is 0.480 e. The number of hydrogen-bond donors (Lipinski definition) is 2. The summed E-state index contributed by atoms with van der Waals surface area (Å²) in [4.78, 5) is 11.0. The highest BCUT2D eigenvalue weighted by atomic mass is 32.2. The molecular weight excluding hydrogens is 242 g/mol. The average Bonchev–Trinajstić information content (AvgIpc) is 2.22. The summed E-state index contributed by atoms with van der Waals surface area (Å²) < 4.78 is 25.7. The average molecular weight is 265 g/mol. The predicted octanol–water partition coefficient (Wildman–Crippen LogP) is 1.45. The van der Waals surface area contributed by atoms with Crippen molar-refractivity contribution < 1.29 is 18.3 Å². The fraction of sp³-hybridized carbons (Fsp3) is 0.909. The van der Waals surface area contributed by atoms with Crippen LogP contribution in [0.1, 0.15) is 40.5 Å².